The van der Waals surface area contributed by atoms with Crippen molar-refractivity contribution in [1.82, 2.24) is 4.31 Å². The van der Waals surface area contributed by atoms with Gasteiger partial charge in [0, 0.05) is 11.6 Å². The van der Waals surface area contributed by atoms with E-state index in [1.807, 2.05) is 0 Å². The number of benzene rings is 3. The standard InChI is InChI=1S/C23H21ClN2O5S/c1-31-23(28)20-9-5-6-10-21(20)25-22(27)16-26(15-17-11-13-18(24)14-12-17)32(29,30)19-7-3-2-4-8-19/h2-14H,15-16H2,1H3,(H,25,27). The second kappa shape index (κ2) is 10.4. The van der Waals surface area contributed by atoms with Crippen LogP contribution >= 0.6 is 11.6 Å². The number of amides is 1. The van der Waals surface area contributed by atoms with E-state index in [1.165, 1.54) is 25.3 Å². The Bertz CT molecular complexity index is 1200. The molecular formula is C23H21ClN2O5S. The van der Waals surface area contributed by atoms with Crippen LogP contribution < -0.4 is 5.32 Å². The van der Waals surface area contributed by atoms with E-state index in [-0.39, 0.29) is 22.7 Å². The topological polar surface area (TPSA) is 92.8 Å². The van der Waals surface area contributed by atoms with Crippen molar-refractivity contribution in [2.45, 2.75) is 11.4 Å². The zero-order valence-corrected chi connectivity index (χ0v) is 18.8. The Hall–Kier alpha value is -3.20. The van der Waals surface area contributed by atoms with Crippen LogP contribution in [0.25, 0.3) is 0 Å². The van der Waals surface area contributed by atoms with Crippen molar-refractivity contribution in [3.05, 3.63) is 95.0 Å². The largest absolute Gasteiger partial charge is 0.465 e. The molecule has 0 unspecified atom stereocenters. The lowest BCUT2D eigenvalue weighted by Gasteiger charge is -2.22. The zero-order chi connectivity index (χ0) is 23.1. The summed E-state index contributed by atoms with van der Waals surface area (Å²) in [5.74, 6) is -1.22. The lowest BCUT2D eigenvalue weighted by molar-refractivity contribution is -0.116. The summed E-state index contributed by atoms with van der Waals surface area (Å²) in [6.07, 6.45) is 0. The first kappa shape index (κ1) is 23.5. The van der Waals surface area contributed by atoms with Crippen molar-refractivity contribution >= 4 is 39.2 Å². The minimum atomic E-state index is -3.98. The molecule has 0 radical (unpaired) electrons. The Morgan fingerprint density at radius 1 is 0.938 bits per heavy atom. The third-order valence-corrected chi connectivity index (χ3v) is 6.64. The summed E-state index contributed by atoms with van der Waals surface area (Å²) in [5, 5.41) is 3.12. The fourth-order valence-corrected chi connectivity index (χ4v) is 4.52. The first-order valence-electron chi connectivity index (χ1n) is 9.58. The number of rotatable bonds is 8. The average Bonchev–Trinajstić information content (AvgIpc) is 2.80. The van der Waals surface area contributed by atoms with Gasteiger partial charge < -0.3 is 10.1 Å². The summed E-state index contributed by atoms with van der Waals surface area (Å²) in [4.78, 5) is 24.8. The average molecular weight is 473 g/mol. The van der Waals surface area contributed by atoms with Crippen LogP contribution in [0.4, 0.5) is 5.69 Å². The van der Waals surface area contributed by atoms with Crippen molar-refractivity contribution in [2.24, 2.45) is 0 Å². The fraction of sp³-hybridized carbons (Fsp3) is 0.130. The van der Waals surface area contributed by atoms with Gasteiger partial charge in [0.2, 0.25) is 15.9 Å². The molecule has 3 aromatic carbocycles. The number of nitrogens with one attached hydrogen (secondary N) is 1. The molecule has 0 bridgehead atoms. The number of methoxy groups -OCH3 is 1. The van der Waals surface area contributed by atoms with Crippen LogP contribution in [0.15, 0.2) is 83.8 Å². The van der Waals surface area contributed by atoms with Gasteiger partial charge >= 0.3 is 5.97 Å². The lowest BCUT2D eigenvalue weighted by atomic mass is 10.2. The minimum absolute atomic E-state index is 0.0412. The van der Waals surface area contributed by atoms with E-state index in [9.17, 15) is 18.0 Å². The molecule has 0 heterocycles. The van der Waals surface area contributed by atoms with Crippen LogP contribution in [0.3, 0.4) is 0 Å². The first-order chi connectivity index (χ1) is 15.3. The molecule has 166 valence electrons. The highest BCUT2D eigenvalue weighted by Gasteiger charge is 2.27. The number of hydrogen-bond donors (Lipinski definition) is 1. The molecule has 0 spiro atoms. The number of halogens is 1. The molecule has 0 aliphatic carbocycles. The SMILES string of the molecule is COC(=O)c1ccccc1NC(=O)CN(Cc1ccc(Cl)cc1)S(=O)(=O)c1ccccc1. The molecule has 1 amide bonds. The van der Waals surface area contributed by atoms with Gasteiger partial charge in [-0.3, -0.25) is 4.79 Å². The Labute approximate surface area is 191 Å². The molecule has 32 heavy (non-hydrogen) atoms. The molecular weight excluding hydrogens is 452 g/mol. The number of carbonyl (C=O) groups excluding carboxylic acids is 2. The van der Waals surface area contributed by atoms with Crippen molar-refractivity contribution in [3.63, 3.8) is 0 Å². The number of esters is 1. The third-order valence-electron chi connectivity index (χ3n) is 4.58. The molecule has 0 saturated carbocycles. The summed E-state index contributed by atoms with van der Waals surface area (Å²) < 4.78 is 32.3. The highest BCUT2D eigenvalue weighted by atomic mass is 35.5. The first-order valence-corrected chi connectivity index (χ1v) is 11.4. The lowest BCUT2D eigenvalue weighted by Crippen LogP contribution is -2.37. The summed E-state index contributed by atoms with van der Waals surface area (Å²) >= 11 is 5.93. The number of hydrogen-bond acceptors (Lipinski definition) is 5. The van der Waals surface area contributed by atoms with Gasteiger partial charge in [-0.05, 0) is 42.0 Å². The molecule has 0 aliphatic heterocycles. The summed E-state index contributed by atoms with van der Waals surface area (Å²) in [6, 6.07) is 20.9. The molecule has 1 N–H and O–H groups in total. The Morgan fingerprint density at radius 3 is 2.22 bits per heavy atom. The minimum Gasteiger partial charge on any atom is -0.465 e. The summed E-state index contributed by atoms with van der Waals surface area (Å²) in [6.45, 7) is -0.504. The maximum absolute atomic E-state index is 13.3. The van der Waals surface area contributed by atoms with Crippen LogP contribution in [0.2, 0.25) is 5.02 Å². The molecule has 3 aromatic rings. The van der Waals surface area contributed by atoms with Crippen molar-refractivity contribution in [2.75, 3.05) is 19.0 Å². The molecule has 9 heteroatoms. The van der Waals surface area contributed by atoms with Gasteiger partial charge in [0.25, 0.3) is 0 Å². The van der Waals surface area contributed by atoms with E-state index < -0.39 is 28.4 Å². The predicted octanol–water partition coefficient (Wildman–Crippen LogP) is 3.96. The Kier molecular flexibility index (Phi) is 7.63. The molecule has 3 rings (SSSR count). The second-order valence-corrected chi connectivity index (χ2v) is 9.17. The highest BCUT2D eigenvalue weighted by molar-refractivity contribution is 7.89. The number of sulfonamides is 1. The van der Waals surface area contributed by atoms with Crippen LogP contribution in [0.5, 0.6) is 0 Å². The van der Waals surface area contributed by atoms with Crippen molar-refractivity contribution < 1.29 is 22.7 Å². The number of nitrogens with zero attached hydrogens (tertiary/aromatic N) is 1. The number of para-hydroxylation sites is 1. The van der Waals surface area contributed by atoms with E-state index >= 15 is 0 Å². The third kappa shape index (κ3) is 5.73. The van der Waals surface area contributed by atoms with Crippen LogP contribution in [-0.2, 0) is 26.1 Å². The molecule has 0 atom stereocenters. The smallest absolute Gasteiger partial charge is 0.339 e. The molecule has 0 aliphatic rings. The molecule has 0 aromatic heterocycles. The van der Waals surface area contributed by atoms with Crippen LogP contribution in [-0.4, -0.2) is 38.3 Å². The van der Waals surface area contributed by atoms with Gasteiger partial charge in [0.05, 0.1) is 29.8 Å². The Morgan fingerprint density at radius 2 is 1.56 bits per heavy atom. The fourth-order valence-electron chi connectivity index (χ4n) is 2.99. The molecule has 0 saturated heterocycles. The normalized spacial score (nSPS) is 11.2. The van der Waals surface area contributed by atoms with Crippen LogP contribution in [0, 0.1) is 0 Å². The monoisotopic (exact) mass is 472 g/mol. The predicted molar refractivity (Wildman–Crippen MR) is 122 cm³/mol. The zero-order valence-electron chi connectivity index (χ0n) is 17.2. The van der Waals surface area contributed by atoms with Gasteiger partial charge in [-0.15, -0.1) is 0 Å². The number of anilines is 1. The van der Waals surface area contributed by atoms with E-state index in [4.69, 9.17) is 16.3 Å². The van der Waals surface area contributed by atoms with Gasteiger partial charge in [-0.2, -0.15) is 4.31 Å². The van der Waals surface area contributed by atoms with Crippen molar-refractivity contribution in [3.8, 4) is 0 Å². The maximum Gasteiger partial charge on any atom is 0.339 e. The molecule has 0 fully saturated rings. The van der Waals surface area contributed by atoms with Gasteiger partial charge in [0.15, 0.2) is 0 Å². The molecule has 7 nitrogen and oxygen atoms in total. The van der Waals surface area contributed by atoms with Crippen LogP contribution in [0.1, 0.15) is 15.9 Å². The van der Waals surface area contributed by atoms with E-state index in [0.29, 0.717) is 10.6 Å². The summed E-state index contributed by atoms with van der Waals surface area (Å²) in [5.41, 5.74) is 1.06. The van der Waals surface area contributed by atoms with Gasteiger partial charge in [-0.1, -0.05) is 54.1 Å². The van der Waals surface area contributed by atoms with E-state index in [1.54, 1.807) is 60.7 Å². The quantitative estimate of drug-likeness (QED) is 0.501. The highest BCUT2D eigenvalue weighted by Crippen LogP contribution is 2.21. The maximum atomic E-state index is 13.3. The summed E-state index contributed by atoms with van der Waals surface area (Å²) in [7, 11) is -2.74. The van der Waals surface area contributed by atoms with E-state index in [0.717, 1.165) is 4.31 Å². The van der Waals surface area contributed by atoms with Gasteiger partial charge in [0.1, 0.15) is 0 Å². The van der Waals surface area contributed by atoms with Crippen molar-refractivity contribution in [1.29, 1.82) is 0 Å². The Balaban J connectivity index is 1.88. The number of ether oxygens (including phenoxy) is 1. The number of carbonyl (C=O) groups is 2. The second-order valence-electron chi connectivity index (χ2n) is 6.80. The van der Waals surface area contributed by atoms with E-state index in [2.05, 4.69) is 5.32 Å². The van der Waals surface area contributed by atoms with Gasteiger partial charge in [-0.25, -0.2) is 13.2 Å².